The van der Waals surface area contributed by atoms with Crippen molar-refractivity contribution in [3.8, 4) is 11.5 Å². The van der Waals surface area contributed by atoms with Gasteiger partial charge in [0.1, 0.15) is 11.5 Å². The molecule has 0 aliphatic heterocycles. The number of phenolic OH excluding ortho intramolecular Hbond substituents is 1. The Morgan fingerprint density at radius 2 is 2.00 bits per heavy atom. The monoisotopic (exact) mass is 349 g/mol. The van der Waals surface area contributed by atoms with E-state index in [2.05, 4.69) is 28.2 Å². The van der Waals surface area contributed by atoms with Crippen LogP contribution in [-0.2, 0) is 6.54 Å². The topological polar surface area (TPSA) is 41.5 Å². The van der Waals surface area contributed by atoms with Gasteiger partial charge in [-0.2, -0.15) is 0 Å². The largest absolute Gasteiger partial charge is 0.508 e. The zero-order chi connectivity index (χ0) is 15.2. The highest BCUT2D eigenvalue weighted by Gasteiger charge is 2.14. The maximum absolute atomic E-state index is 10.0. The fraction of sp³-hybridized carbons (Fsp3) is 0.294. The van der Waals surface area contributed by atoms with E-state index >= 15 is 0 Å². The van der Waals surface area contributed by atoms with Crippen molar-refractivity contribution < 1.29 is 9.84 Å². The zero-order valence-corrected chi connectivity index (χ0v) is 13.9. The summed E-state index contributed by atoms with van der Waals surface area (Å²) in [6.45, 7) is 2.79. The molecule has 21 heavy (non-hydrogen) atoms. The van der Waals surface area contributed by atoms with E-state index in [0.717, 1.165) is 27.8 Å². The molecular formula is C17H20BrNO2. The molecule has 0 saturated carbocycles. The molecule has 0 heterocycles. The van der Waals surface area contributed by atoms with E-state index in [1.807, 2.05) is 36.4 Å². The molecule has 0 aromatic heterocycles. The van der Waals surface area contributed by atoms with E-state index in [4.69, 9.17) is 4.74 Å². The van der Waals surface area contributed by atoms with E-state index in [0.29, 0.717) is 12.3 Å². The maximum Gasteiger partial charge on any atom is 0.123 e. The molecular weight excluding hydrogens is 330 g/mol. The number of halogens is 1. The van der Waals surface area contributed by atoms with Crippen LogP contribution in [0.2, 0.25) is 0 Å². The second-order valence-corrected chi connectivity index (χ2v) is 5.77. The molecule has 1 atom stereocenters. The summed E-state index contributed by atoms with van der Waals surface area (Å²) in [5, 5.41) is 13.5. The third-order valence-electron chi connectivity index (χ3n) is 3.50. The molecule has 0 aliphatic rings. The Labute approximate surface area is 134 Å². The van der Waals surface area contributed by atoms with E-state index in [1.54, 1.807) is 13.2 Å². The Morgan fingerprint density at radius 3 is 2.71 bits per heavy atom. The summed E-state index contributed by atoms with van der Waals surface area (Å²) >= 11 is 3.45. The minimum absolute atomic E-state index is 0.0902. The van der Waals surface area contributed by atoms with Gasteiger partial charge in [0.05, 0.1) is 7.11 Å². The highest BCUT2D eigenvalue weighted by molar-refractivity contribution is 9.10. The summed E-state index contributed by atoms with van der Waals surface area (Å²) in [6, 6.07) is 13.6. The molecule has 2 aromatic carbocycles. The molecule has 3 nitrogen and oxygen atoms in total. The Balaban J connectivity index is 2.14. The Hall–Kier alpha value is -1.52. The average Bonchev–Trinajstić information content (AvgIpc) is 2.51. The summed E-state index contributed by atoms with van der Waals surface area (Å²) in [6.07, 6.45) is 0.888. The van der Waals surface area contributed by atoms with Crippen LogP contribution >= 0.6 is 15.9 Å². The van der Waals surface area contributed by atoms with Crippen LogP contribution in [0.15, 0.2) is 46.9 Å². The summed E-state index contributed by atoms with van der Waals surface area (Å²) in [5.74, 6) is 1.19. The van der Waals surface area contributed by atoms with Gasteiger partial charge in [0, 0.05) is 28.2 Å². The Morgan fingerprint density at radius 1 is 1.24 bits per heavy atom. The molecule has 0 bridgehead atoms. The molecule has 4 heteroatoms. The predicted octanol–water partition coefficient (Wildman–Crippen LogP) is 4.40. The average molecular weight is 350 g/mol. The lowest BCUT2D eigenvalue weighted by molar-refractivity contribution is 0.402. The van der Waals surface area contributed by atoms with Crippen molar-refractivity contribution in [1.82, 2.24) is 5.32 Å². The van der Waals surface area contributed by atoms with E-state index in [-0.39, 0.29) is 6.04 Å². The van der Waals surface area contributed by atoms with Gasteiger partial charge in [-0.05, 0) is 30.7 Å². The van der Waals surface area contributed by atoms with Crippen molar-refractivity contribution in [3.05, 3.63) is 58.1 Å². The molecule has 112 valence electrons. The van der Waals surface area contributed by atoms with Gasteiger partial charge in [-0.25, -0.2) is 0 Å². The van der Waals surface area contributed by atoms with Crippen molar-refractivity contribution >= 4 is 15.9 Å². The number of hydrogen-bond donors (Lipinski definition) is 2. The lowest BCUT2D eigenvalue weighted by Crippen LogP contribution is -2.20. The number of para-hydroxylation sites is 1. The van der Waals surface area contributed by atoms with Gasteiger partial charge in [-0.15, -0.1) is 0 Å². The summed E-state index contributed by atoms with van der Waals surface area (Å²) in [5.41, 5.74) is 2.01. The Bertz CT molecular complexity index is 601. The smallest absolute Gasteiger partial charge is 0.123 e. The lowest BCUT2D eigenvalue weighted by atomic mass is 10.0. The number of benzene rings is 2. The molecule has 0 radical (unpaired) electrons. The molecule has 1 unspecified atom stereocenters. The van der Waals surface area contributed by atoms with E-state index in [1.165, 1.54) is 0 Å². The van der Waals surface area contributed by atoms with Crippen molar-refractivity contribution in [2.75, 3.05) is 7.11 Å². The number of aromatic hydroxyl groups is 1. The third-order valence-corrected chi connectivity index (χ3v) is 4.00. The van der Waals surface area contributed by atoms with Gasteiger partial charge in [0.25, 0.3) is 0 Å². The molecule has 0 spiro atoms. The van der Waals surface area contributed by atoms with Gasteiger partial charge in [0.15, 0.2) is 0 Å². The first-order chi connectivity index (χ1) is 10.2. The van der Waals surface area contributed by atoms with Gasteiger partial charge in [-0.1, -0.05) is 41.1 Å². The molecule has 2 N–H and O–H groups in total. The molecule has 0 amide bonds. The highest BCUT2D eigenvalue weighted by Crippen LogP contribution is 2.30. The molecule has 2 rings (SSSR count). The minimum Gasteiger partial charge on any atom is -0.508 e. The number of rotatable bonds is 6. The van der Waals surface area contributed by atoms with Crippen molar-refractivity contribution in [2.45, 2.75) is 25.9 Å². The summed E-state index contributed by atoms with van der Waals surface area (Å²) in [4.78, 5) is 0. The van der Waals surface area contributed by atoms with Crippen molar-refractivity contribution in [3.63, 3.8) is 0 Å². The molecule has 0 aliphatic carbocycles. The van der Waals surface area contributed by atoms with Crippen LogP contribution in [0.1, 0.15) is 30.5 Å². The SMILES string of the molecule is CCC(NCc1ccccc1OC)c1cc(Br)ccc1O. The van der Waals surface area contributed by atoms with E-state index < -0.39 is 0 Å². The van der Waals surface area contributed by atoms with Gasteiger partial charge in [0.2, 0.25) is 0 Å². The van der Waals surface area contributed by atoms with Crippen LogP contribution in [0.4, 0.5) is 0 Å². The van der Waals surface area contributed by atoms with Crippen LogP contribution in [0.3, 0.4) is 0 Å². The van der Waals surface area contributed by atoms with Crippen molar-refractivity contribution in [2.24, 2.45) is 0 Å². The van der Waals surface area contributed by atoms with Crippen LogP contribution in [-0.4, -0.2) is 12.2 Å². The minimum atomic E-state index is 0.0902. The first kappa shape index (κ1) is 15.9. The fourth-order valence-electron chi connectivity index (χ4n) is 2.36. The molecule has 2 aromatic rings. The fourth-order valence-corrected chi connectivity index (χ4v) is 2.74. The highest BCUT2D eigenvalue weighted by atomic mass is 79.9. The van der Waals surface area contributed by atoms with Gasteiger partial charge in [-0.3, -0.25) is 0 Å². The predicted molar refractivity (Wildman–Crippen MR) is 88.7 cm³/mol. The first-order valence-electron chi connectivity index (χ1n) is 6.99. The van der Waals surface area contributed by atoms with Gasteiger partial charge < -0.3 is 15.2 Å². The summed E-state index contributed by atoms with van der Waals surface area (Å²) in [7, 11) is 1.68. The second-order valence-electron chi connectivity index (χ2n) is 4.86. The standard InChI is InChI=1S/C17H20BrNO2/c1-3-15(14-10-13(18)8-9-16(14)20)19-11-12-6-4-5-7-17(12)21-2/h4-10,15,19-20H,3,11H2,1-2H3. The van der Waals surface area contributed by atoms with Crippen LogP contribution < -0.4 is 10.1 Å². The number of ether oxygens (including phenoxy) is 1. The quantitative estimate of drug-likeness (QED) is 0.811. The number of phenols is 1. The molecule has 0 saturated heterocycles. The zero-order valence-electron chi connectivity index (χ0n) is 12.3. The Kier molecular flexibility index (Phi) is 5.65. The van der Waals surface area contributed by atoms with Crippen LogP contribution in [0.25, 0.3) is 0 Å². The maximum atomic E-state index is 10.0. The van der Waals surface area contributed by atoms with Crippen molar-refractivity contribution in [1.29, 1.82) is 0 Å². The number of hydrogen-bond acceptors (Lipinski definition) is 3. The second kappa shape index (κ2) is 7.48. The number of nitrogens with one attached hydrogen (secondary N) is 1. The lowest BCUT2D eigenvalue weighted by Gasteiger charge is -2.20. The number of methoxy groups -OCH3 is 1. The normalized spacial score (nSPS) is 12.1. The summed E-state index contributed by atoms with van der Waals surface area (Å²) < 4.78 is 6.33. The van der Waals surface area contributed by atoms with Crippen LogP contribution in [0, 0.1) is 0 Å². The first-order valence-corrected chi connectivity index (χ1v) is 7.78. The molecule has 0 fully saturated rings. The van der Waals surface area contributed by atoms with E-state index in [9.17, 15) is 5.11 Å². The third kappa shape index (κ3) is 3.99. The van der Waals surface area contributed by atoms with Gasteiger partial charge >= 0.3 is 0 Å². The van der Waals surface area contributed by atoms with Crippen LogP contribution in [0.5, 0.6) is 11.5 Å².